The van der Waals surface area contributed by atoms with Crippen LogP contribution in [0, 0.1) is 11.8 Å². The first-order valence-electron chi connectivity index (χ1n) is 13.5. The second-order valence-electron chi connectivity index (χ2n) is 10.2. The minimum atomic E-state index is -0.691. The van der Waals surface area contributed by atoms with Crippen molar-refractivity contribution in [2.45, 2.75) is 51.4 Å². The van der Waals surface area contributed by atoms with Gasteiger partial charge in [-0.15, -0.1) is 0 Å². The van der Waals surface area contributed by atoms with Crippen LogP contribution in [0.4, 0.5) is 0 Å². The average Bonchev–Trinajstić information content (AvgIpc) is 2.92. The van der Waals surface area contributed by atoms with E-state index < -0.39 is 5.97 Å². The van der Waals surface area contributed by atoms with Crippen molar-refractivity contribution in [3.05, 3.63) is 65.9 Å². The number of ether oxygens (including phenoxy) is 2. The predicted molar refractivity (Wildman–Crippen MR) is 147 cm³/mol. The number of hydrogen-bond donors (Lipinski definition) is 1. The van der Waals surface area contributed by atoms with Gasteiger partial charge in [-0.1, -0.05) is 18.2 Å². The van der Waals surface area contributed by atoms with E-state index in [1.807, 2.05) is 30.5 Å². The normalized spacial score (nSPS) is 18.1. The van der Waals surface area contributed by atoms with Crippen molar-refractivity contribution in [3.63, 3.8) is 0 Å². The molecule has 1 N–H and O–H groups in total. The van der Waals surface area contributed by atoms with E-state index in [4.69, 9.17) is 9.47 Å². The molecule has 2 unspecified atom stereocenters. The van der Waals surface area contributed by atoms with Crippen molar-refractivity contribution in [2.75, 3.05) is 33.9 Å². The van der Waals surface area contributed by atoms with E-state index in [1.54, 1.807) is 14.2 Å². The highest BCUT2D eigenvalue weighted by molar-refractivity contribution is 5.83. The van der Waals surface area contributed by atoms with E-state index in [1.165, 1.54) is 11.1 Å². The summed E-state index contributed by atoms with van der Waals surface area (Å²) in [6, 6.07) is 16.4. The fourth-order valence-corrected chi connectivity index (χ4v) is 5.86. The van der Waals surface area contributed by atoms with E-state index in [0.29, 0.717) is 11.8 Å². The number of carboxylic acid groups (broad SMARTS) is 1. The van der Waals surface area contributed by atoms with Crippen molar-refractivity contribution in [2.24, 2.45) is 11.8 Å². The summed E-state index contributed by atoms with van der Waals surface area (Å²) in [5.74, 6) is 2.14. The maximum absolute atomic E-state index is 11.4. The molecule has 6 nitrogen and oxygen atoms in total. The van der Waals surface area contributed by atoms with E-state index in [-0.39, 0.29) is 6.42 Å². The molecule has 0 aliphatic carbocycles. The summed E-state index contributed by atoms with van der Waals surface area (Å²) in [6.07, 6.45) is 9.35. The van der Waals surface area contributed by atoms with Gasteiger partial charge in [0, 0.05) is 24.5 Å². The maximum atomic E-state index is 11.4. The standard InChI is InChI=1S/C31H40N2O4/c1-36-27-13-14-29-28(21-27)24(16-18-32-29)9-5-8-23-17-20-33(22-26(23)12-15-31(34)35)19-6-10-25-7-3-4-11-30(25)37-2/h3-4,7,11,13-14,16,18,21,23,26H,5-6,8-10,12,15,17,19-20,22H2,1-2H3,(H,34,35). The van der Waals surface area contributed by atoms with Crippen LogP contribution in [-0.2, 0) is 17.6 Å². The summed E-state index contributed by atoms with van der Waals surface area (Å²) in [5.41, 5.74) is 3.56. The SMILES string of the molecule is COc1ccc2nccc(CCCC3CCN(CCCc4ccccc4OC)CC3CCC(=O)O)c2c1. The second kappa shape index (κ2) is 13.4. The summed E-state index contributed by atoms with van der Waals surface area (Å²) in [6.45, 7) is 3.13. The molecule has 1 aromatic heterocycles. The Morgan fingerprint density at radius 2 is 1.84 bits per heavy atom. The van der Waals surface area contributed by atoms with Gasteiger partial charge in [0.15, 0.2) is 0 Å². The lowest BCUT2D eigenvalue weighted by Gasteiger charge is -2.39. The molecule has 0 amide bonds. The van der Waals surface area contributed by atoms with Gasteiger partial charge in [0.05, 0.1) is 19.7 Å². The van der Waals surface area contributed by atoms with Gasteiger partial charge in [0.25, 0.3) is 0 Å². The van der Waals surface area contributed by atoms with E-state index in [9.17, 15) is 9.90 Å². The molecule has 2 heterocycles. The smallest absolute Gasteiger partial charge is 0.303 e. The second-order valence-corrected chi connectivity index (χ2v) is 10.2. The molecule has 1 fully saturated rings. The summed E-state index contributed by atoms with van der Waals surface area (Å²) in [4.78, 5) is 18.4. The number of aromatic nitrogens is 1. The summed E-state index contributed by atoms with van der Waals surface area (Å²) < 4.78 is 10.9. The number of carbonyl (C=O) groups is 1. The minimum Gasteiger partial charge on any atom is -0.497 e. The van der Waals surface area contributed by atoms with Gasteiger partial charge in [-0.05, 0) is 111 Å². The van der Waals surface area contributed by atoms with Crippen LogP contribution in [-0.4, -0.2) is 54.8 Å². The number of pyridine rings is 1. The monoisotopic (exact) mass is 504 g/mol. The molecule has 1 aliphatic heterocycles. The van der Waals surface area contributed by atoms with Crippen LogP contribution in [0.2, 0.25) is 0 Å². The highest BCUT2D eigenvalue weighted by Crippen LogP contribution is 2.32. The van der Waals surface area contributed by atoms with Gasteiger partial charge in [-0.25, -0.2) is 0 Å². The number of carboxylic acids is 1. The number of nitrogens with zero attached hydrogens (tertiary/aromatic N) is 2. The first-order valence-corrected chi connectivity index (χ1v) is 13.5. The van der Waals surface area contributed by atoms with Crippen LogP contribution in [0.5, 0.6) is 11.5 Å². The molecule has 1 saturated heterocycles. The van der Waals surface area contributed by atoms with E-state index in [0.717, 1.165) is 87.0 Å². The average molecular weight is 505 g/mol. The fourth-order valence-electron chi connectivity index (χ4n) is 5.86. The highest BCUT2D eigenvalue weighted by Gasteiger charge is 2.29. The molecule has 6 heteroatoms. The molecular formula is C31H40N2O4. The van der Waals surface area contributed by atoms with Gasteiger partial charge >= 0.3 is 5.97 Å². The Hall–Kier alpha value is -3.12. The molecular weight excluding hydrogens is 464 g/mol. The molecule has 1 aliphatic rings. The van der Waals surface area contributed by atoms with Crippen LogP contribution < -0.4 is 9.47 Å². The molecule has 198 valence electrons. The van der Waals surface area contributed by atoms with Crippen molar-refractivity contribution in [1.82, 2.24) is 9.88 Å². The third kappa shape index (κ3) is 7.45. The van der Waals surface area contributed by atoms with Crippen molar-refractivity contribution < 1.29 is 19.4 Å². The quantitative estimate of drug-likeness (QED) is 0.307. The number of benzene rings is 2. The van der Waals surface area contributed by atoms with Gasteiger partial charge in [-0.3, -0.25) is 9.78 Å². The highest BCUT2D eigenvalue weighted by atomic mass is 16.5. The summed E-state index contributed by atoms with van der Waals surface area (Å²) >= 11 is 0. The Balaban J connectivity index is 1.32. The van der Waals surface area contributed by atoms with Crippen molar-refractivity contribution in [3.8, 4) is 11.5 Å². The van der Waals surface area contributed by atoms with Gasteiger partial charge in [-0.2, -0.15) is 0 Å². The summed E-state index contributed by atoms with van der Waals surface area (Å²) in [7, 11) is 3.42. The summed E-state index contributed by atoms with van der Waals surface area (Å²) in [5, 5.41) is 10.5. The number of aliphatic carboxylic acids is 1. The Labute approximate surface area is 220 Å². The zero-order valence-electron chi connectivity index (χ0n) is 22.2. The van der Waals surface area contributed by atoms with E-state index in [2.05, 4.69) is 34.1 Å². The van der Waals surface area contributed by atoms with Crippen LogP contribution in [0.15, 0.2) is 54.7 Å². The topological polar surface area (TPSA) is 71.9 Å². The number of hydrogen-bond acceptors (Lipinski definition) is 5. The first-order chi connectivity index (χ1) is 18.1. The zero-order valence-corrected chi connectivity index (χ0v) is 22.2. The number of rotatable bonds is 13. The van der Waals surface area contributed by atoms with E-state index >= 15 is 0 Å². The Kier molecular flexibility index (Phi) is 9.78. The predicted octanol–water partition coefficient (Wildman–Crippen LogP) is 6.01. The molecule has 0 bridgehead atoms. The van der Waals surface area contributed by atoms with Crippen LogP contribution in [0.3, 0.4) is 0 Å². The van der Waals surface area contributed by atoms with Gasteiger partial charge < -0.3 is 19.5 Å². The molecule has 2 atom stereocenters. The lowest BCUT2D eigenvalue weighted by molar-refractivity contribution is -0.137. The van der Waals surface area contributed by atoms with Gasteiger partial charge in [0.2, 0.25) is 0 Å². The maximum Gasteiger partial charge on any atom is 0.303 e. The number of piperidine rings is 1. The number of para-hydroxylation sites is 1. The molecule has 2 aromatic carbocycles. The number of aryl methyl sites for hydroxylation is 2. The first kappa shape index (κ1) is 26.9. The van der Waals surface area contributed by atoms with Crippen molar-refractivity contribution in [1.29, 1.82) is 0 Å². The largest absolute Gasteiger partial charge is 0.497 e. The Morgan fingerprint density at radius 3 is 2.65 bits per heavy atom. The number of methoxy groups -OCH3 is 2. The third-order valence-electron chi connectivity index (χ3n) is 7.88. The molecule has 0 radical (unpaired) electrons. The molecule has 0 saturated carbocycles. The zero-order chi connectivity index (χ0) is 26.0. The third-order valence-corrected chi connectivity index (χ3v) is 7.88. The molecule has 37 heavy (non-hydrogen) atoms. The lowest BCUT2D eigenvalue weighted by atomic mass is 9.79. The number of fused-ring (bicyclic) bond motifs is 1. The van der Waals surface area contributed by atoms with Crippen molar-refractivity contribution >= 4 is 16.9 Å². The van der Waals surface area contributed by atoms with Crippen LogP contribution in [0.1, 0.15) is 49.7 Å². The van der Waals surface area contributed by atoms with Crippen LogP contribution in [0.25, 0.3) is 10.9 Å². The molecule has 0 spiro atoms. The van der Waals surface area contributed by atoms with Crippen LogP contribution >= 0.6 is 0 Å². The molecule has 3 aromatic rings. The fraction of sp³-hybridized carbons (Fsp3) is 0.484. The Morgan fingerprint density at radius 1 is 1.00 bits per heavy atom. The number of likely N-dealkylation sites (tertiary alicyclic amines) is 1. The lowest BCUT2D eigenvalue weighted by Crippen LogP contribution is -2.41. The Bertz CT molecular complexity index is 1160. The molecule has 4 rings (SSSR count). The van der Waals surface area contributed by atoms with Gasteiger partial charge in [0.1, 0.15) is 11.5 Å². The minimum absolute atomic E-state index is 0.255.